The highest BCUT2D eigenvalue weighted by atomic mass is 16.5. The van der Waals surface area contributed by atoms with Crippen molar-refractivity contribution in [1.29, 1.82) is 0 Å². The molecular formula is C15H15N3O. The third-order valence-electron chi connectivity index (χ3n) is 3.16. The first kappa shape index (κ1) is 11.7. The summed E-state index contributed by atoms with van der Waals surface area (Å²) in [6.07, 6.45) is 2.53. The zero-order chi connectivity index (χ0) is 13.2. The van der Waals surface area contributed by atoms with Crippen LogP contribution in [-0.4, -0.2) is 22.1 Å². The molecule has 0 radical (unpaired) electrons. The number of imidazole rings is 1. The van der Waals surface area contributed by atoms with Gasteiger partial charge in [-0.05, 0) is 36.2 Å². The smallest absolute Gasteiger partial charge is 0.177 e. The lowest BCUT2D eigenvalue weighted by atomic mass is 10.1. The molecule has 0 saturated heterocycles. The first-order chi connectivity index (χ1) is 9.26. The summed E-state index contributed by atoms with van der Waals surface area (Å²) in [6, 6.07) is 9.99. The summed E-state index contributed by atoms with van der Waals surface area (Å²) in [5.74, 6) is 1.79. The molecule has 0 atom stereocenters. The molecule has 0 fully saturated rings. The summed E-state index contributed by atoms with van der Waals surface area (Å²) in [4.78, 5) is 12.1. The van der Waals surface area contributed by atoms with Crippen LogP contribution in [-0.2, 0) is 6.42 Å². The second-order valence-electron chi connectivity index (χ2n) is 4.54. The molecule has 0 aliphatic heterocycles. The van der Waals surface area contributed by atoms with Gasteiger partial charge >= 0.3 is 0 Å². The molecule has 0 spiro atoms. The van der Waals surface area contributed by atoms with E-state index in [1.165, 1.54) is 0 Å². The van der Waals surface area contributed by atoms with Crippen LogP contribution < -0.4 is 4.74 Å². The molecule has 4 nitrogen and oxygen atoms in total. The number of nitrogens with one attached hydrogen (secondary N) is 1. The van der Waals surface area contributed by atoms with E-state index >= 15 is 0 Å². The first-order valence-electron chi connectivity index (χ1n) is 6.19. The fourth-order valence-electron chi connectivity index (χ4n) is 2.14. The van der Waals surface area contributed by atoms with Gasteiger partial charge in [-0.25, -0.2) is 9.97 Å². The summed E-state index contributed by atoms with van der Waals surface area (Å²) in [5.41, 5.74) is 4.11. The van der Waals surface area contributed by atoms with Crippen molar-refractivity contribution in [2.75, 3.05) is 7.11 Å². The molecular weight excluding hydrogens is 238 g/mol. The number of ether oxygens (including phenoxy) is 1. The van der Waals surface area contributed by atoms with Gasteiger partial charge in [0.25, 0.3) is 0 Å². The molecule has 1 aromatic carbocycles. The number of aromatic amines is 1. The number of methoxy groups -OCH3 is 1. The quantitative estimate of drug-likeness (QED) is 0.780. The van der Waals surface area contributed by atoms with E-state index in [-0.39, 0.29) is 0 Å². The average Bonchev–Trinajstić information content (AvgIpc) is 2.83. The summed E-state index contributed by atoms with van der Waals surface area (Å²) >= 11 is 0. The van der Waals surface area contributed by atoms with Gasteiger partial charge in [0.05, 0.1) is 12.6 Å². The second-order valence-corrected chi connectivity index (χ2v) is 4.54. The number of benzene rings is 1. The molecule has 4 heteroatoms. The van der Waals surface area contributed by atoms with Crippen molar-refractivity contribution in [2.24, 2.45) is 0 Å². The molecule has 0 amide bonds. The minimum Gasteiger partial charge on any atom is -0.497 e. The van der Waals surface area contributed by atoms with Gasteiger partial charge < -0.3 is 9.72 Å². The molecule has 96 valence electrons. The Labute approximate surface area is 111 Å². The molecule has 19 heavy (non-hydrogen) atoms. The zero-order valence-electron chi connectivity index (χ0n) is 11.0. The molecule has 3 rings (SSSR count). The van der Waals surface area contributed by atoms with Crippen molar-refractivity contribution in [3.63, 3.8) is 0 Å². The van der Waals surface area contributed by atoms with E-state index in [1.807, 2.05) is 24.3 Å². The summed E-state index contributed by atoms with van der Waals surface area (Å²) < 4.78 is 5.23. The van der Waals surface area contributed by atoms with Gasteiger partial charge in [-0.3, -0.25) is 0 Å². The van der Waals surface area contributed by atoms with Crippen molar-refractivity contribution in [3.05, 3.63) is 53.5 Å². The van der Waals surface area contributed by atoms with Crippen LogP contribution in [0, 0.1) is 6.92 Å². The minimum atomic E-state index is 0.743. The lowest BCUT2D eigenvalue weighted by Gasteiger charge is -2.02. The molecule has 2 heterocycles. The van der Waals surface area contributed by atoms with Gasteiger partial charge in [0.15, 0.2) is 5.65 Å². The standard InChI is InChI=1S/C15H15N3O/c1-10-6-7-16-15-14(10)17-13(18-15)9-11-4-3-5-12(8-11)19-2/h3-8H,9H2,1-2H3,(H,16,17,18). The molecule has 0 saturated carbocycles. The zero-order valence-corrected chi connectivity index (χ0v) is 11.0. The Morgan fingerprint density at radius 3 is 2.95 bits per heavy atom. The van der Waals surface area contributed by atoms with E-state index < -0.39 is 0 Å². The Balaban J connectivity index is 1.94. The Morgan fingerprint density at radius 2 is 2.16 bits per heavy atom. The van der Waals surface area contributed by atoms with E-state index in [1.54, 1.807) is 13.3 Å². The highest BCUT2D eigenvalue weighted by Crippen LogP contribution is 2.18. The number of aryl methyl sites for hydroxylation is 1. The van der Waals surface area contributed by atoms with E-state index in [0.29, 0.717) is 0 Å². The van der Waals surface area contributed by atoms with Crippen LogP contribution in [0.5, 0.6) is 5.75 Å². The van der Waals surface area contributed by atoms with Crippen LogP contribution in [0.4, 0.5) is 0 Å². The lowest BCUT2D eigenvalue weighted by Crippen LogP contribution is -1.91. The summed E-state index contributed by atoms with van der Waals surface area (Å²) in [7, 11) is 1.67. The monoisotopic (exact) mass is 253 g/mol. The largest absolute Gasteiger partial charge is 0.497 e. The van der Waals surface area contributed by atoms with Gasteiger partial charge in [0.2, 0.25) is 0 Å². The Hall–Kier alpha value is -2.36. The second kappa shape index (κ2) is 4.72. The summed E-state index contributed by atoms with van der Waals surface area (Å²) in [6.45, 7) is 2.05. The Kier molecular flexibility index (Phi) is 2.91. The van der Waals surface area contributed by atoms with Gasteiger partial charge in [-0.15, -0.1) is 0 Å². The highest BCUT2D eigenvalue weighted by molar-refractivity contribution is 5.74. The van der Waals surface area contributed by atoms with Gasteiger partial charge in [-0.2, -0.15) is 0 Å². The molecule has 0 aliphatic rings. The van der Waals surface area contributed by atoms with Gasteiger partial charge in [0.1, 0.15) is 11.6 Å². The molecule has 0 unspecified atom stereocenters. The molecule has 2 aromatic heterocycles. The molecule has 0 bridgehead atoms. The topological polar surface area (TPSA) is 50.8 Å². The number of fused-ring (bicyclic) bond motifs is 1. The fraction of sp³-hybridized carbons (Fsp3) is 0.200. The molecule has 0 aliphatic carbocycles. The van der Waals surface area contributed by atoms with E-state index in [0.717, 1.165) is 40.3 Å². The van der Waals surface area contributed by atoms with Crippen LogP contribution in [0.25, 0.3) is 11.2 Å². The maximum atomic E-state index is 5.23. The van der Waals surface area contributed by atoms with Crippen LogP contribution in [0.1, 0.15) is 17.0 Å². The number of hydrogen-bond donors (Lipinski definition) is 1. The molecule has 3 aromatic rings. The average molecular weight is 253 g/mol. The van der Waals surface area contributed by atoms with Crippen molar-refractivity contribution >= 4 is 11.2 Å². The van der Waals surface area contributed by atoms with Crippen molar-refractivity contribution in [2.45, 2.75) is 13.3 Å². The molecule has 1 N–H and O–H groups in total. The number of nitrogens with zero attached hydrogens (tertiary/aromatic N) is 2. The van der Waals surface area contributed by atoms with Crippen molar-refractivity contribution in [1.82, 2.24) is 15.0 Å². The fourth-order valence-corrected chi connectivity index (χ4v) is 2.14. The van der Waals surface area contributed by atoms with E-state index in [4.69, 9.17) is 4.74 Å². The third kappa shape index (κ3) is 2.29. The number of hydrogen-bond acceptors (Lipinski definition) is 3. The highest BCUT2D eigenvalue weighted by Gasteiger charge is 2.07. The van der Waals surface area contributed by atoms with Gasteiger partial charge in [0, 0.05) is 12.6 Å². The maximum absolute atomic E-state index is 5.23. The number of H-pyrrole nitrogens is 1. The van der Waals surface area contributed by atoms with Gasteiger partial charge in [-0.1, -0.05) is 12.1 Å². The van der Waals surface area contributed by atoms with Crippen molar-refractivity contribution < 1.29 is 4.74 Å². The normalized spacial score (nSPS) is 10.8. The first-order valence-corrected chi connectivity index (χ1v) is 6.19. The number of pyridine rings is 1. The van der Waals surface area contributed by atoms with Crippen molar-refractivity contribution in [3.8, 4) is 5.75 Å². The van der Waals surface area contributed by atoms with Crippen LogP contribution >= 0.6 is 0 Å². The maximum Gasteiger partial charge on any atom is 0.177 e. The lowest BCUT2D eigenvalue weighted by molar-refractivity contribution is 0.414. The number of rotatable bonds is 3. The SMILES string of the molecule is COc1cccc(Cc2nc3nccc(C)c3[nH]2)c1. The van der Waals surface area contributed by atoms with E-state index in [9.17, 15) is 0 Å². The predicted molar refractivity (Wildman–Crippen MR) is 74.4 cm³/mol. The van der Waals surface area contributed by atoms with Crippen LogP contribution in [0.3, 0.4) is 0 Å². The van der Waals surface area contributed by atoms with Crippen LogP contribution in [0.2, 0.25) is 0 Å². The Bertz CT molecular complexity index is 718. The predicted octanol–water partition coefficient (Wildman–Crippen LogP) is 2.87. The Morgan fingerprint density at radius 1 is 1.26 bits per heavy atom. The third-order valence-corrected chi connectivity index (χ3v) is 3.16. The van der Waals surface area contributed by atoms with Crippen LogP contribution in [0.15, 0.2) is 36.5 Å². The minimum absolute atomic E-state index is 0.743. The van der Waals surface area contributed by atoms with E-state index in [2.05, 4.69) is 27.9 Å². The number of aromatic nitrogens is 3. The summed E-state index contributed by atoms with van der Waals surface area (Å²) in [5, 5.41) is 0.